The zero-order valence-corrected chi connectivity index (χ0v) is 10.4. The van der Waals surface area contributed by atoms with Crippen LogP contribution in [-0.4, -0.2) is 47.1 Å². The number of hydrogen-bond acceptors (Lipinski definition) is 3. The molecule has 5 nitrogen and oxygen atoms in total. The van der Waals surface area contributed by atoms with Gasteiger partial charge in [0.1, 0.15) is 5.54 Å². The summed E-state index contributed by atoms with van der Waals surface area (Å²) in [6.45, 7) is 10.9. The van der Waals surface area contributed by atoms with Gasteiger partial charge in [0.15, 0.2) is 0 Å². The average Bonchev–Trinajstić information content (AvgIpc) is 2.25. The van der Waals surface area contributed by atoms with E-state index in [1.54, 1.807) is 12.2 Å². The van der Waals surface area contributed by atoms with Crippen molar-refractivity contribution in [1.82, 2.24) is 10.2 Å². The lowest BCUT2D eigenvalue weighted by Crippen LogP contribution is -2.51. The quantitative estimate of drug-likeness (QED) is 0.611. The topological polar surface area (TPSA) is 69.6 Å². The number of carboxylic acid groups (broad SMARTS) is 1. The van der Waals surface area contributed by atoms with Gasteiger partial charge < -0.3 is 10.0 Å². The molecule has 0 bridgehead atoms. The van der Waals surface area contributed by atoms with Crippen molar-refractivity contribution in [2.75, 3.05) is 19.6 Å². The molecule has 1 amide bonds. The average molecular weight is 240 g/mol. The number of aliphatic carboxylic acids is 1. The summed E-state index contributed by atoms with van der Waals surface area (Å²) in [5, 5.41) is 11.6. The molecule has 0 radical (unpaired) electrons. The predicted octanol–water partition coefficient (Wildman–Crippen LogP) is 0.640. The zero-order valence-electron chi connectivity index (χ0n) is 10.4. The first-order chi connectivity index (χ1) is 7.85. The third-order valence-electron chi connectivity index (χ3n) is 2.27. The SMILES string of the molecule is C=CCN(CC=C)C(=O)CNC(C)(C)C(=O)O. The molecule has 0 aliphatic carbocycles. The Balaban J connectivity index is 4.36. The molecular weight excluding hydrogens is 220 g/mol. The molecule has 0 saturated carbocycles. The molecule has 2 N–H and O–H groups in total. The standard InChI is InChI=1S/C12H20N2O3/c1-5-7-14(8-6-2)10(15)9-13-12(3,4)11(16)17/h5-6,13H,1-2,7-9H2,3-4H3,(H,16,17). The van der Waals surface area contributed by atoms with E-state index in [1.807, 2.05) is 0 Å². The summed E-state index contributed by atoms with van der Waals surface area (Å²) >= 11 is 0. The van der Waals surface area contributed by atoms with Gasteiger partial charge in [-0.2, -0.15) is 0 Å². The van der Waals surface area contributed by atoms with E-state index in [-0.39, 0.29) is 12.5 Å². The fraction of sp³-hybridized carbons (Fsp3) is 0.500. The number of amides is 1. The summed E-state index contributed by atoms with van der Waals surface area (Å²) in [7, 11) is 0. The number of carbonyl (C=O) groups excluding carboxylic acids is 1. The minimum absolute atomic E-state index is 0.0268. The number of nitrogens with one attached hydrogen (secondary N) is 1. The maximum absolute atomic E-state index is 11.8. The van der Waals surface area contributed by atoms with E-state index in [2.05, 4.69) is 18.5 Å². The van der Waals surface area contributed by atoms with E-state index in [4.69, 9.17) is 5.11 Å². The van der Waals surface area contributed by atoms with E-state index in [9.17, 15) is 9.59 Å². The van der Waals surface area contributed by atoms with Gasteiger partial charge >= 0.3 is 5.97 Å². The summed E-state index contributed by atoms with van der Waals surface area (Å²) in [6.07, 6.45) is 3.23. The monoisotopic (exact) mass is 240 g/mol. The molecule has 0 aromatic rings. The highest BCUT2D eigenvalue weighted by molar-refractivity contribution is 5.81. The Morgan fingerprint density at radius 2 is 1.76 bits per heavy atom. The Morgan fingerprint density at radius 3 is 2.12 bits per heavy atom. The van der Waals surface area contributed by atoms with Crippen LogP contribution in [0.3, 0.4) is 0 Å². The van der Waals surface area contributed by atoms with Crippen molar-refractivity contribution in [2.24, 2.45) is 0 Å². The Kier molecular flexibility index (Phi) is 6.20. The van der Waals surface area contributed by atoms with Gasteiger partial charge in [0.05, 0.1) is 6.54 Å². The van der Waals surface area contributed by atoms with E-state index in [0.717, 1.165) is 0 Å². The Hall–Kier alpha value is -1.62. The second kappa shape index (κ2) is 6.85. The molecule has 5 heteroatoms. The van der Waals surface area contributed by atoms with Gasteiger partial charge in [-0.3, -0.25) is 14.9 Å². The van der Waals surface area contributed by atoms with Gasteiger partial charge in [-0.15, -0.1) is 13.2 Å². The number of hydrogen-bond donors (Lipinski definition) is 2. The molecule has 0 aromatic carbocycles. The van der Waals surface area contributed by atoms with Crippen LogP contribution in [0.1, 0.15) is 13.8 Å². The largest absolute Gasteiger partial charge is 0.480 e. The minimum atomic E-state index is -1.12. The van der Waals surface area contributed by atoms with Crippen LogP contribution in [0.5, 0.6) is 0 Å². The molecule has 0 heterocycles. The van der Waals surface area contributed by atoms with Gasteiger partial charge in [-0.1, -0.05) is 12.2 Å². The highest BCUT2D eigenvalue weighted by Gasteiger charge is 2.27. The second-order valence-corrected chi connectivity index (χ2v) is 4.16. The highest BCUT2D eigenvalue weighted by atomic mass is 16.4. The lowest BCUT2D eigenvalue weighted by Gasteiger charge is -2.24. The fourth-order valence-corrected chi connectivity index (χ4v) is 1.07. The van der Waals surface area contributed by atoms with Gasteiger partial charge in [0, 0.05) is 13.1 Å². The predicted molar refractivity (Wildman–Crippen MR) is 66.7 cm³/mol. The molecule has 0 rings (SSSR count). The number of rotatable bonds is 8. The third-order valence-corrected chi connectivity index (χ3v) is 2.27. The molecule has 0 aliphatic rings. The summed E-state index contributed by atoms with van der Waals surface area (Å²) in [5.41, 5.74) is -1.12. The summed E-state index contributed by atoms with van der Waals surface area (Å²) in [6, 6.07) is 0. The van der Waals surface area contributed by atoms with Crippen LogP contribution >= 0.6 is 0 Å². The zero-order chi connectivity index (χ0) is 13.5. The van der Waals surface area contributed by atoms with Crippen molar-refractivity contribution in [1.29, 1.82) is 0 Å². The molecule has 0 atom stereocenters. The van der Waals surface area contributed by atoms with Crippen LogP contribution in [-0.2, 0) is 9.59 Å². The summed E-state index contributed by atoms with van der Waals surface area (Å²) < 4.78 is 0. The van der Waals surface area contributed by atoms with Crippen molar-refractivity contribution < 1.29 is 14.7 Å². The molecule has 0 fully saturated rings. The first-order valence-electron chi connectivity index (χ1n) is 5.33. The second-order valence-electron chi connectivity index (χ2n) is 4.16. The normalized spacial score (nSPS) is 10.7. The minimum Gasteiger partial charge on any atom is -0.480 e. The molecule has 0 unspecified atom stereocenters. The Bertz CT molecular complexity index is 301. The van der Waals surface area contributed by atoms with Crippen molar-refractivity contribution in [3.8, 4) is 0 Å². The van der Waals surface area contributed by atoms with E-state index in [0.29, 0.717) is 13.1 Å². The van der Waals surface area contributed by atoms with E-state index >= 15 is 0 Å². The van der Waals surface area contributed by atoms with Crippen LogP contribution in [0.4, 0.5) is 0 Å². The fourth-order valence-electron chi connectivity index (χ4n) is 1.07. The number of carboxylic acids is 1. The van der Waals surface area contributed by atoms with Crippen LogP contribution in [0.15, 0.2) is 25.3 Å². The van der Waals surface area contributed by atoms with Gasteiger partial charge in [0.25, 0.3) is 0 Å². The van der Waals surface area contributed by atoms with Crippen molar-refractivity contribution in [3.05, 3.63) is 25.3 Å². The van der Waals surface area contributed by atoms with Crippen LogP contribution in [0.2, 0.25) is 0 Å². The molecule has 0 saturated heterocycles. The molecule has 0 spiro atoms. The first-order valence-corrected chi connectivity index (χ1v) is 5.33. The Labute approximate surface area is 102 Å². The lowest BCUT2D eigenvalue weighted by molar-refractivity contribution is -0.143. The summed E-state index contributed by atoms with van der Waals surface area (Å²) in [4.78, 5) is 24.1. The van der Waals surface area contributed by atoms with Crippen LogP contribution in [0.25, 0.3) is 0 Å². The lowest BCUT2D eigenvalue weighted by atomic mass is 10.1. The molecule has 96 valence electrons. The third kappa shape index (κ3) is 5.31. The van der Waals surface area contributed by atoms with Gasteiger partial charge in [-0.05, 0) is 13.8 Å². The number of nitrogens with zero attached hydrogens (tertiary/aromatic N) is 1. The Morgan fingerprint density at radius 1 is 1.29 bits per heavy atom. The number of carbonyl (C=O) groups is 2. The summed E-state index contributed by atoms with van der Waals surface area (Å²) in [5.74, 6) is -1.18. The maximum Gasteiger partial charge on any atom is 0.323 e. The van der Waals surface area contributed by atoms with Crippen LogP contribution in [0, 0.1) is 0 Å². The highest BCUT2D eigenvalue weighted by Crippen LogP contribution is 2.01. The smallest absolute Gasteiger partial charge is 0.323 e. The molecule has 0 aliphatic heterocycles. The molecular formula is C12H20N2O3. The van der Waals surface area contributed by atoms with E-state index < -0.39 is 11.5 Å². The molecule has 0 aromatic heterocycles. The molecule has 17 heavy (non-hydrogen) atoms. The van der Waals surface area contributed by atoms with Crippen molar-refractivity contribution in [3.63, 3.8) is 0 Å². The van der Waals surface area contributed by atoms with Gasteiger partial charge in [-0.25, -0.2) is 0 Å². The van der Waals surface area contributed by atoms with Crippen LogP contribution < -0.4 is 5.32 Å². The van der Waals surface area contributed by atoms with Crippen molar-refractivity contribution in [2.45, 2.75) is 19.4 Å². The van der Waals surface area contributed by atoms with Crippen molar-refractivity contribution >= 4 is 11.9 Å². The first kappa shape index (κ1) is 15.4. The van der Waals surface area contributed by atoms with E-state index in [1.165, 1.54) is 18.7 Å². The maximum atomic E-state index is 11.8. The van der Waals surface area contributed by atoms with Gasteiger partial charge in [0.2, 0.25) is 5.91 Å².